The fourth-order valence-corrected chi connectivity index (χ4v) is 3.42. The van der Waals surface area contributed by atoms with Crippen molar-refractivity contribution >= 4 is 15.9 Å². The van der Waals surface area contributed by atoms with E-state index in [1.807, 2.05) is 6.07 Å². The van der Waals surface area contributed by atoms with E-state index in [0.717, 1.165) is 25.0 Å². The molecule has 0 amide bonds. The van der Waals surface area contributed by atoms with E-state index < -0.39 is 0 Å². The van der Waals surface area contributed by atoms with Crippen LogP contribution in [-0.2, 0) is 6.54 Å². The van der Waals surface area contributed by atoms with E-state index in [-0.39, 0.29) is 6.61 Å². The van der Waals surface area contributed by atoms with Crippen LogP contribution in [0.3, 0.4) is 0 Å². The van der Waals surface area contributed by atoms with Gasteiger partial charge < -0.3 is 5.11 Å². The predicted molar refractivity (Wildman–Crippen MR) is 78.9 cm³/mol. The third kappa shape index (κ3) is 3.56. The van der Waals surface area contributed by atoms with Gasteiger partial charge in [-0.1, -0.05) is 52.7 Å². The highest BCUT2D eigenvalue weighted by Crippen LogP contribution is 2.43. The van der Waals surface area contributed by atoms with Crippen LogP contribution in [0.1, 0.15) is 24.8 Å². The van der Waals surface area contributed by atoms with Crippen molar-refractivity contribution in [3.05, 3.63) is 35.9 Å². The van der Waals surface area contributed by atoms with Gasteiger partial charge in [-0.2, -0.15) is 0 Å². The second kappa shape index (κ2) is 6.69. The lowest BCUT2D eigenvalue weighted by Crippen LogP contribution is -2.44. The summed E-state index contributed by atoms with van der Waals surface area (Å²) in [6.07, 6.45) is 3.98. The first-order chi connectivity index (χ1) is 8.78. The SMILES string of the molecule is OCCN(Cc1ccccc1)CC1(CBr)CCC1. The summed E-state index contributed by atoms with van der Waals surface area (Å²) in [6, 6.07) is 10.5. The minimum absolute atomic E-state index is 0.241. The number of nitrogens with zero attached hydrogens (tertiary/aromatic N) is 1. The van der Waals surface area contributed by atoms with Crippen molar-refractivity contribution in [2.24, 2.45) is 5.41 Å². The Morgan fingerprint density at radius 2 is 1.94 bits per heavy atom. The highest BCUT2D eigenvalue weighted by molar-refractivity contribution is 9.09. The van der Waals surface area contributed by atoms with Crippen LogP contribution in [0.4, 0.5) is 0 Å². The molecule has 0 bridgehead atoms. The first-order valence-electron chi connectivity index (χ1n) is 6.71. The molecule has 18 heavy (non-hydrogen) atoms. The number of rotatable bonds is 7. The maximum atomic E-state index is 9.22. The van der Waals surface area contributed by atoms with Gasteiger partial charge in [-0.05, 0) is 23.8 Å². The summed E-state index contributed by atoms with van der Waals surface area (Å²) in [5.41, 5.74) is 1.78. The molecule has 0 unspecified atom stereocenters. The van der Waals surface area contributed by atoms with E-state index in [9.17, 15) is 5.11 Å². The Morgan fingerprint density at radius 3 is 2.44 bits per heavy atom. The monoisotopic (exact) mass is 311 g/mol. The molecule has 2 nitrogen and oxygen atoms in total. The number of alkyl halides is 1. The Kier molecular flexibility index (Phi) is 5.22. The topological polar surface area (TPSA) is 23.5 Å². The quantitative estimate of drug-likeness (QED) is 0.782. The van der Waals surface area contributed by atoms with Gasteiger partial charge >= 0.3 is 0 Å². The van der Waals surface area contributed by atoms with Crippen LogP contribution in [0.5, 0.6) is 0 Å². The van der Waals surface area contributed by atoms with Gasteiger partial charge in [-0.3, -0.25) is 4.90 Å². The van der Waals surface area contributed by atoms with Gasteiger partial charge in [0.2, 0.25) is 0 Å². The van der Waals surface area contributed by atoms with E-state index in [4.69, 9.17) is 0 Å². The highest BCUT2D eigenvalue weighted by Gasteiger charge is 2.37. The van der Waals surface area contributed by atoms with Crippen molar-refractivity contribution < 1.29 is 5.11 Å². The summed E-state index contributed by atoms with van der Waals surface area (Å²) in [4.78, 5) is 2.38. The summed E-state index contributed by atoms with van der Waals surface area (Å²) < 4.78 is 0. The largest absolute Gasteiger partial charge is 0.395 e. The molecule has 1 fully saturated rings. The van der Waals surface area contributed by atoms with Crippen LogP contribution in [0.2, 0.25) is 0 Å². The van der Waals surface area contributed by atoms with Crippen molar-refractivity contribution in [1.29, 1.82) is 0 Å². The minimum Gasteiger partial charge on any atom is -0.395 e. The highest BCUT2D eigenvalue weighted by atomic mass is 79.9. The molecule has 1 saturated carbocycles. The molecular weight excluding hydrogens is 290 g/mol. The minimum atomic E-state index is 0.241. The van der Waals surface area contributed by atoms with E-state index in [0.29, 0.717) is 5.41 Å². The average Bonchev–Trinajstić information content (AvgIpc) is 2.35. The molecular formula is C15H22BrNO. The maximum Gasteiger partial charge on any atom is 0.0558 e. The third-order valence-corrected chi connectivity index (χ3v) is 5.11. The Morgan fingerprint density at radius 1 is 1.22 bits per heavy atom. The van der Waals surface area contributed by atoms with E-state index in [1.165, 1.54) is 24.8 Å². The normalized spacial score (nSPS) is 17.7. The number of halogens is 1. The molecule has 1 N–H and O–H groups in total. The summed E-state index contributed by atoms with van der Waals surface area (Å²) in [7, 11) is 0. The van der Waals surface area contributed by atoms with Crippen molar-refractivity contribution in [3.63, 3.8) is 0 Å². The number of aliphatic hydroxyl groups is 1. The smallest absolute Gasteiger partial charge is 0.0558 e. The molecule has 0 radical (unpaired) electrons. The van der Waals surface area contributed by atoms with Crippen molar-refractivity contribution in [3.8, 4) is 0 Å². The Labute approximate surface area is 118 Å². The van der Waals surface area contributed by atoms with Crippen LogP contribution in [0.25, 0.3) is 0 Å². The number of benzene rings is 1. The van der Waals surface area contributed by atoms with E-state index >= 15 is 0 Å². The number of hydrogen-bond acceptors (Lipinski definition) is 2. The number of hydrogen-bond donors (Lipinski definition) is 1. The molecule has 0 atom stereocenters. The van der Waals surface area contributed by atoms with Crippen LogP contribution in [0.15, 0.2) is 30.3 Å². The molecule has 1 aromatic rings. The lowest BCUT2D eigenvalue weighted by molar-refractivity contribution is 0.0748. The van der Waals surface area contributed by atoms with E-state index in [1.54, 1.807) is 0 Å². The summed E-state index contributed by atoms with van der Waals surface area (Å²) in [5.74, 6) is 0. The molecule has 0 heterocycles. The zero-order valence-corrected chi connectivity index (χ0v) is 12.4. The van der Waals surface area contributed by atoms with Gasteiger partial charge in [0, 0.05) is 25.0 Å². The van der Waals surface area contributed by atoms with Crippen molar-refractivity contribution in [2.45, 2.75) is 25.8 Å². The molecule has 0 aliphatic heterocycles. The standard InChI is InChI=1S/C15H22BrNO/c16-12-15(7-4-8-15)13-17(9-10-18)11-14-5-2-1-3-6-14/h1-3,5-6,18H,4,7-13H2. The van der Waals surface area contributed by atoms with Crippen molar-refractivity contribution in [2.75, 3.05) is 25.0 Å². The second-order valence-electron chi connectivity index (χ2n) is 5.41. The first kappa shape index (κ1) is 14.0. The lowest BCUT2D eigenvalue weighted by atomic mass is 9.70. The van der Waals surface area contributed by atoms with Crippen LogP contribution >= 0.6 is 15.9 Å². The average molecular weight is 312 g/mol. The Hall–Kier alpha value is -0.380. The molecule has 2 rings (SSSR count). The molecule has 1 aliphatic carbocycles. The molecule has 0 saturated heterocycles. The molecule has 0 aromatic heterocycles. The molecule has 3 heteroatoms. The number of aliphatic hydroxyl groups excluding tert-OH is 1. The van der Waals surface area contributed by atoms with Gasteiger partial charge in [0.1, 0.15) is 0 Å². The summed E-state index contributed by atoms with van der Waals surface area (Å²) >= 11 is 3.66. The van der Waals surface area contributed by atoms with Crippen molar-refractivity contribution in [1.82, 2.24) is 4.90 Å². The Bertz CT molecular complexity index is 345. The maximum absolute atomic E-state index is 9.22. The fraction of sp³-hybridized carbons (Fsp3) is 0.600. The molecule has 1 aliphatic rings. The Balaban J connectivity index is 1.95. The predicted octanol–water partition coefficient (Wildman–Crippen LogP) is 3.05. The second-order valence-corrected chi connectivity index (χ2v) is 5.97. The fourth-order valence-electron chi connectivity index (χ4n) is 2.68. The van der Waals surface area contributed by atoms with E-state index in [2.05, 4.69) is 45.1 Å². The van der Waals surface area contributed by atoms with Crippen LogP contribution < -0.4 is 0 Å². The van der Waals surface area contributed by atoms with Gasteiger partial charge in [-0.15, -0.1) is 0 Å². The summed E-state index contributed by atoms with van der Waals surface area (Å²) in [5, 5.41) is 10.3. The van der Waals surface area contributed by atoms with Gasteiger partial charge in [-0.25, -0.2) is 0 Å². The third-order valence-electron chi connectivity index (χ3n) is 3.92. The zero-order valence-electron chi connectivity index (χ0n) is 10.8. The van der Waals surface area contributed by atoms with Crippen LogP contribution in [0, 0.1) is 5.41 Å². The molecule has 1 aromatic carbocycles. The lowest BCUT2D eigenvalue weighted by Gasteiger charge is -2.44. The first-order valence-corrected chi connectivity index (χ1v) is 7.83. The van der Waals surface area contributed by atoms with Crippen LogP contribution in [-0.4, -0.2) is 35.0 Å². The van der Waals surface area contributed by atoms with Gasteiger partial charge in [0.15, 0.2) is 0 Å². The van der Waals surface area contributed by atoms with Gasteiger partial charge in [0.25, 0.3) is 0 Å². The molecule has 100 valence electrons. The molecule has 0 spiro atoms. The summed E-state index contributed by atoms with van der Waals surface area (Å²) in [6.45, 7) is 3.04. The zero-order chi connectivity index (χ0) is 12.8. The van der Waals surface area contributed by atoms with Gasteiger partial charge in [0.05, 0.1) is 6.61 Å².